The molecular weight excluding hydrogens is 162 g/mol. The quantitative estimate of drug-likeness (QED) is 0.674. The SMILES string of the molecule is CC(C)C1CCC(C)(O)C(C#N)C1. The molecule has 3 unspecified atom stereocenters. The predicted molar refractivity (Wildman–Crippen MR) is 51.9 cm³/mol. The molecule has 0 radical (unpaired) electrons. The molecule has 2 heteroatoms. The maximum Gasteiger partial charge on any atom is 0.0777 e. The molecule has 0 saturated heterocycles. The van der Waals surface area contributed by atoms with Crippen LogP contribution in [0.25, 0.3) is 0 Å². The molecule has 0 aromatic carbocycles. The fourth-order valence-corrected chi connectivity index (χ4v) is 2.12. The van der Waals surface area contributed by atoms with Crippen LogP contribution in [-0.2, 0) is 0 Å². The smallest absolute Gasteiger partial charge is 0.0777 e. The van der Waals surface area contributed by atoms with Gasteiger partial charge in [0.2, 0.25) is 0 Å². The highest BCUT2D eigenvalue weighted by atomic mass is 16.3. The largest absolute Gasteiger partial charge is 0.389 e. The highest BCUT2D eigenvalue weighted by molar-refractivity contribution is 5.00. The van der Waals surface area contributed by atoms with Gasteiger partial charge in [-0.3, -0.25) is 0 Å². The van der Waals surface area contributed by atoms with E-state index in [0.29, 0.717) is 11.8 Å². The number of aliphatic hydroxyl groups is 1. The van der Waals surface area contributed by atoms with Crippen LogP contribution in [0.2, 0.25) is 0 Å². The molecule has 0 bridgehead atoms. The lowest BCUT2D eigenvalue weighted by atomic mass is 9.69. The summed E-state index contributed by atoms with van der Waals surface area (Å²) in [7, 11) is 0. The Bertz CT molecular complexity index is 215. The summed E-state index contributed by atoms with van der Waals surface area (Å²) in [6.45, 7) is 6.18. The molecule has 1 rings (SSSR count). The van der Waals surface area contributed by atoms with Gasteiger partial charge < -0.3 is 5.11 Å². The van der Waals surface area contributed by atoms with E-state index in [9.17, 15) is 5.11 Å². The lowest BCUT2D eigenvalue weighted by molar-refractivity contribution is -0.0302. The van der Waals surface area contributed by atoms with E-state index >= 15 is 0 Å². The summed E-state index contributed by atoms with van der Waals surface area (Å²) in [5.74, 6) is 1.07. The van der Waals surface area contributed by atoms with Gasteiger partial charge in [-0.2, -0.15) is 5.26 Å². The van der Waals surface area contributed by atoms with Crippen molar-refractivity contribution in [2.45, 2.75) is 45.6 Å². The number of rotatable bonds is 1. The summed E-state index contributed by atoms with van der Waals surface area (Å²) < 4.78 is 0. The van der Waals surface area contributed by atoms with Gasteiger partial charge in [-0.05, 0) is 38.0 Å². The lowest BCUT2D eigenvalue weighted by Gasteiger charge is -2.38. The highest BCUT2D eigenvalue weighted by Gasteiger charge is 2.39. The monoisotopic (exact) mass is 181 g/mol. The molecule has 1 aliphatic carbocycles. The van der Waals surface area contributed by atoms with Crippen molar-refractivity contribution in [3.05, 3.63) is 0 Å². The van der Waals surface area contributed by atoms with Crippen LogP contribution in [0, 0.1) is 29.1 Å². The van der Waals surface area contributed by atoms with Crippen LogP contribution in [-0.4, -0.2) is 10.7 Å². The molecule has 3 atom stereocenters. The van der Waals surface area contributed by atoms with E-state index in [-0.39, 0.29) is 5.92 Å². The van der Waals surface area contributed by atoms with Crippen LogP contribution in [0.15, 0.2) is 0 Å². The average molecular weight is 181 g/mol. The number of hydrogen-bond acceptors (Lipinski definition) is 2. The molecule has 74 valence electrons. The molecule has 1 aliphatic rings. The van der Waals surface area contributed by atoms with Gasteiger partial charge in [0.1, 0.15) is 0 Å². The molecular formula is C11H19NO. The second kappa shape index (κ2) is 3.67. The molecule has 1 fully saturated rings. The lowest BCUT2D eigenvalue weighted by Crippen LogP contribution is -2.40. The third-order valence-corrected chi connectivity index (χ3v) is 3.41. The molecule has 0 heterocycles. The van der Waals surface area contributed by atoms with Crippen LogP contribution < -0.4 is 0 Å². The molecule has 2 nitrogen and oxygen atoms in total. The normalized spacial score (nSPS) is 40.3. The van der Waals surface area contributed by atoms with Gasteiger partial charge >= 0.3 is 0 Å². The maximum absolute atomic E-state index is 9.91. The van der Waals surface area contributed by atoms with Crippen molar-refractivity contribution >= 4 is 0 Å². The summed E-state index contributed by atoms with van der Waals surface area (Å²) in [5, 5.41) is 18.8. The van der Waals surface area contributed by atoms with Crippen molar-refractivity contribution < 1.29 is 5.11 Å². The Morgan fingerprint density at radius 2 is 2.15 bits per heavy atom. The number of hydrogen-bond donors (Lipinski definition) is 1. The number of nitrogens with zero attached hydrogens (tertiary/aromatic N) is 1. The van der Waals surface area contributed by atoms with Gasteiger partial charge in [0, 0.05) is 0 Å². The molecule has 0 spiro atoms. The van der Waals surface area contributed by atoms with E-state index in [1.807, 2.05) is 0 Å². The standard InChI is InChI=1S/C11H19NO/c1-8(2)9-4-5-11(3,13)10(6-9)7-12/h8-10,13H,4-6H2,1-3H3. The Kier molecular flexibility index (Phi) is 2.98. The van der Waals surface area contributed by atoms with Gasteiger partial charge in [-0.1, -0.05) is 13.8 Å². The van der Waals surface area contributed by atoms with E-state index in [1.54, 1.807) is 6.92 Å². The summed E-state index contributed by atoms with van der Waals surface area (Å²) in [4.78, 5) is 0. The molecule has 0 aliphatic heterocycles. The number of nitriles is 1. The first-order chi connectivity index (χ1) is 5.97. The Morgan fingerprint density at radius 1 is 1.54 bits per heavy atom. The minimum absolute atomic E-state index is 0.173. The third kappa shape index (κ3) is 2.22. The fourth-order valence-electron chi connectivity index (χ4n) is 2.12. The van der Waals surface area contributed by atoms with E-state index < -0.39 is 5.60 Å². The van der Waals surface area contributed by atoms with E-state index in [0.717, 1.165) is 19.3 Å². The van der Waals surface area contributed by atoms with Gasteiger partial charge in [0.25, 0.3) is 0 Å². The van der Waals surface area contributed by atoms with Gasteiger partial charge in [0.05, 0.1) is 17.6 Å². The maximum atomic E-state index is 9.91. The molecule has 1 N–H and O–H groups in total. The summed E-state index contributed by atoms with van der Waals surface area (Å²) >= 11 is 0. The highest BCUT2D eigenvalue weighted by Crippen LogP contribution is 2.39. The second-order valence-electron chi connectivity index (χ2n) is 4.82. The van der Waals surface area contributed by atoms with Crippen LogP contribution >= 0.6 is 0 Å². The first-order valence-corrected chi connectivity index (χ1v) is 5.09. The molecule has 0 amide bonds. The first-order valence-electron chi connectivity index (χ1n) is 5.09. The molecule has 1 saturated carbocycles. The topological polar surface area (TPSA) is 44.0 Å². The van der Waals surface area contributed by atoms with Gasteiger partial charge in [-0.15, -0.1) is 0 Å². The Morgan fingerprint density at radius 3 is 2.62 bits per heavy atom. The Hall–Kier alpha value is -0.550. The van der Waals surface area contributed by atoms with Gasteiger partial charge in [-0.25, -0.2) is 0 Å². The average Bonchev–Trinajstić information content (AvgIpc) is 2.03. The third-order valence-electron chi connectivity index (χ3n) is 3.41. The van der Waals surface area contributed by atoms with Crippen LogP contribution in [0.5, 0.6) is 0 Å². The molecule has 0 aromatic heterocycles. The van der Waals surface area contributed by atoms with Crippen LogP contribution in [0.1, 0.15) is 40.0 Å². The van der Waals surface area contributed by atoms with Crippen LogP contribution in [0.3, 0.4) is 0 Å². The van der Waals surface area contributed by atoms with Crippen LogP contribution in [0.4, 0.5) is 0 Å². The summed E-state index contributed by atoms with van der Waals surface area (Å²) in [5.41, 5.74) is -0.750. The zero-order valence-corrected chi connectivity index (χ0v) is 8.75. The van der Waals surface area contributed by atoms with E-state index in [2.05, 4.69) is 19.9 Å². The summed E-state index contributed by atoms with van der Waals surface area (Å²) in [6, 6.07) is 2.23. The zero-order valence-electron chi connectivity index (χ0n) is 8.75. The van der Waals surface area contributed by atoms with Crippen molar-refractivity contribution in [3.63, 3.8) is 0 Å². The van der Waals surface area contributed by atoms with E-state index in [1.165, 1.54) is 0 Å². The summed E-state index contributed by atoms with van der Waals surface area (Å²) in [6.07, 6.45) is 2.69. The Labute approximate surface area is 80.6 Å². The second-order valence-corrected chi connectivity index (χ2v) is 4.82. The van der Waals surface area contributed by atoms with Crippen molar-refractivity contribution in [2.75, 3.05) is 0 Å². The van der Waals surface area contributed by atoms with Gasteiger partial charge in [0.15, 0.2) is 0 Å². The van der Waals surface area contributed by atoms with Crippen molar-refractivity contribution in [1.29, 1.82) is 5.26 Å². The molecule has 13 heavy (non-hydrogen) atoms. The van der Waals surface area contributed by atoms with E-state index in [4.69, 9.17) is 5.26 Å². The van der Waals surface area contributed by atoms with Crippen molar-refractivity contribution in [3.8, 4) is 6.07 Å². The van der Waals surface area contributed by atoms with Crippen molar-refractivity contribution in [2.24, 2.45) is 17.8 Å². The van der Waals surface area contributed by atoms with Crippen molar-refractivity contribution in [1.82, 2.24) is 0 Å². The minimum Gasteiger partial charge on any atom is -0.389 e. The fraction of sp³-hybridized carbons (Fsp3) is 0.909. The predicted octanol–water partition coefficient (Wildman–Crippen LogP) is 2.33. The minimum atomic E-state index is -0.750. The Balaban J connectivity index is 2.65. The first kappa shape index (κ1) is 10.5. The zero-order chi connectivity index (χ0) is 10.1. The molecule has 0 aromatic rings.